The highest BCUT2D eigenvalue weighted by molar-refractivity contribution is 5.95. The van der Waals surface area contributed by atoms with E-state index >= 15 is 0 Å². The number of hydrogen-bond donors (Lipinski definition) is 3. The van der Waals surface area contributed by atoms with E-state index in [4.69, 9.17) is 5.73 Å². The molecule has 0 radical (unpaired) electrons. The van der Waals surface area contributed by atoms with E-state index in [1.807, 2.05) is 36.7 Å². The number of hydrogen-bond acceptors (Lipinski definition) is 4. The molecular formula is C23H20N6. The quantitative estimate of drug-likeness (QED) is 0.416. The van der Waals surface area contributed by atoms with Crippen molar-refractivity contribution in [3.63, 3.8) is 0 Å². The lowest BCUT2D eigenvalue weighted by Crippen LogP contribution is -2.00. The van der Waals surface area contributed by atoms with Crippen molar-refractivity contribution in [3.8, 4) is 33.8 Å². The molecule has 29 heavy (non-hydrogen) atoms. The summed E-state index contributed by atoms with van der Waals surface area (Å²) in [7, 11) is 0. The van der Waals surface area contributed by atoms with Crippen molar-refractivity contribution in [3.05, 3.63) is 72.7 Å². The normalized spacial score (nSPS) is 11.2. The number of nitrogens with two attached hydrogens (primary N) is 1. The lowest BCUT2D eigenvalue weighted by atomic mass is 10.1. The maximum Gasteiger partial charge on any atom is 0.220 e. The maximum atomic E-state index is 5.91. The SMILES string of the molecule is CCc1cc(-c2c[nH]c3ncc(-c4ccc(-c5ccccc5)[nH]4)cc23)nc(N)n1. The molecule has 0 fully saturated rings. The molecule has 1 aromatic carbocycles. The number of aromatic amines is 2. The number of benzene rings is 1. The number of fused-ring (bicyclic) bond motifs is 1. The Morgan fingerprint density at radius 1 is 0.931 bits per heavy atom. The highest BCUT2D eigenvalue weighted by Gasteiger charge is 2.13. The fraction of sp³-hybridized carbons (Fsp3) is 0.0870. The second-order valence-electron chi connectivity index (χ2n) is 6.93. The summed E-state index contributed by atoms with van der Waals surface area (Å²) < 4.78 is 0. The molecule has 0 unspecified atom stereocenters. The van der Waals surface area contributed by atoms with Crippen LogP contribution in [0.4, 0.5) is 5.95 Å². The fourth-order valence-electron chi connectivity index (χ4n) is 3.55. The van der Waals surface area contributed by atoms with E-state index in [9.17, 15) is 0 Å². The van der Waals surface area contributed by atoms with Crippen LogP contribution < -0.4 is 5.73 Å². The molecule has 0 aliphatic heterocycles. The molecule has 5 aromatic rings. The molecule has 0 bridgehead atoms. The standard InChI is InChI=1S/C23H20N6/c1-2-16-11-21(29-23(24)27-16)18-13-26-22-17(18)10-15(12-25-22)20-9-8-19(28-20)14-6-4-3-5-7-14/h3-13,28H,2H2,1H3,(H,25,26)(H2,24,27,29). The summed E-state index contributed by atoms with van der Waals surface area (Å²) >= 11 is 0. The number of aromatic nitrogens is 5. The largest absolute Gasteiger partial charge is 0.368 e. The monoisotopic (exact) mass is 380 g/mol. The van der Waals surface area contributed by atoms with E-state index < -0.39 is 0 Å². The maximum absolute atomic E-state index is 5.91. The number of anilines is 1. The number of nitrogen functional groups attached to an aromatic ring is 1. The molecule has 0 saturated heterocycles. The summed E-state index contributed by atoms with van der Waals surface area (Å²) in [4.78, 5) is 20.0. The Balaban J connectivity index is 1.59. The molecule has 6 nitrogen and oxygen atoms in total. The van der Waals surface area contributed by atoms with E-state index in [0.29, 0.717) is 0 Å². The van der Waals surface area contributed by atoms with Gasteiger partial charge in [0.2, 0.25) is 5.95 Å². The summed E-state index contributed by atoms with van der Waals surface area (Å²) in [5.74, 6) is 0.287. The van der Waals surface area contributed by atoms with Crippen molar-refractivity contribution in [2.75, 3.05) is 5.73 Å². The van der Waals surface area contributed by atoms with Crippen molar-refractivity contribution >= 4 is 17.0 Å². The third-order valence-electron chi connectivity index (χ3n) is 5.05. The van der Waals surface area contributed by atoms with Gasteiger partial charge in [-0.3, -0.25) is 0 Å². The van der Waals surface area contributed by atoms with E-state index in [-0.39, 0.29) is 5.95 Å². The van der Waals surface area contributed by atoms with Gasteiger partial charge in [-0.25, -0.2) is 15.0 Å². The highest BCUT2D eigenvalue weighted by atomic mass is 15.0. The van der Waals surface area contributed by atoms with Crippen LogP contribution in [0.25, 0.3) is 44.8 Å². The van der Waals surface area contributed by atoms with Gasteiger partial charge in [0.1, 0.15) is 5.65 Å². The van der Waals surface area contributed by atoms with Gasteiger partial charge in [0.15, 0.2) is 0 Å². The Labute approximate surface area is 167 Å². The Bertz CT molecular complexity index is 1300. The molecule has 4 aromatic heterocycles. The minimum Gasteiger partial charge on any atom is -0.368 e. The number of nitrogens with one attached hydrogen (secondary N) is 2. The number of rotatable bonds is 4. The molecule has 4 N–H and O–H groups in total. The first-order valence-corrected chi connectivity index (χ1v) is 9.57. The lowest BCUT2D eigenvalue weighted by Gasteiger charge is -2.04. The number of H-pyrrole nitrogens is 2. The number of pyridine rings is 1. The van der Waals surface area contributed by atoms with Crippen LogP contribution in [0.3, 0.4) is 0 Å². The van der Waals surface area contributed by atoms with Gasteiger partial charge in [-0.05, 0) is 36.2 Å². The molecule has 0 aliphatic carbocycles. The number of nitrogens with zero attached hydrogens (tertiary/aromatic N) is 3. The minimum atomic E-state index is 0.287. The van der Waals surface area contributed by atoms with Crippen LogP contribution in [0.15, 0.2) is 67.0 Å². The average molecular weight is 380 g/mol. The van der Waals surface area contributed by atoms with Crippen molar-refractivity contribution in [1.82, 2.24) is 24.9 Å². The zero-order valence-electron chi connectivity index (χ0n) is 16.0. The van der Waals surface area contributed by atoms with E-state index in [1.165, 1.54) is 0 Å². The Hall–Kier alpha value is -3.93. The van der Waals surface area contributed by atoms with Gasteiger partial charge in [-0.1, -0.05) is 37.3 Å². The topological polar surface area (TPSA) is 96.3 Å². The first-order valence-electron chi connectivity index (χ1n) is 9.57. The molecule has 0 atom stereocenters. The van der Waals surface area contributed by atoms with Gasteiger partial charge in [0, 0.05) is 46.0 Å². The summed E-state index contributed by atoms with van der Waals surface area (Å²) in [6, 6.07) is 18.5. The van der Waals surface area contributed by atoms with Gasteiger partial charge in [0.05, 0.1) is 5.69 Å². The third-order valence-corrected chi connectivity index (χ3v) is 5.05. The van der Waals surface area contributed by atoms with Crippen LogP contribution in [0.2, 0.25) is 0 Å². The molecule has 6 heteroatoms. The molecule has 0 saturated carbocycles. The summed E-state index contributed by atoms with van der Waals surface area (Å²) in [5.41, 5.74) is 13.7. The van der Waals surface area contributed by atoms with Gasteiger partial charge in [-0.2, -0.15) is 0 Å². The van der Waals surface area contributed by atoms with E-state index in [0.717, 1.165) is 56.9 Å². The van der Waals surface area contributed by atoms with Crippen LogP contribution in [-0.4, -0.2) is 24.9 Å². The number of aryl methyl sites for hydroxylation is 1. The fourth-order valence-corrected chi connectivity index (χ4v) is 3.55. The second-order valence-corrected chi connectivity index (χ2v) is 6.93. The zero-order chi connectivity index (χ0) is 19.8. The lowest BCUT2D eigenvalue weighted by molar-refractivity contribution is 1.01. The summed E-state index contributed by atoms with van der Waals surface area (Å²) in [6.45, 7) is 2.05. The summed E-state index contributed by atoms with van der Waals surface area (Å²) in [6.07, 6.45) is 4.60. The molecule has 0 aliphatic rings. The Morgan fingerprint density at radius 3 is 2.52 bits per heavy atom. The van der Waals surface area contributed by atoms with Gasteiger partial charge in [0.25, 0.3) is 0 Å². The predicted octanol–water partition coefficient (Wildman–Crippen LogP) is 4.83. The van der Waals surface area contributed by atoms with E-state index in [2.05, 4.69) is 62.2 Å². The minimum absolute atomic E-state index is 0.287. The molecule has 142 valence electrons. The van der Waals surface area contributed by atoms with Crippen molar-refractivity contribution < 1.29 is 0 Å². The average Bonchev–Trinajstić information content (AvgIpc) is 3.41. The van der Waals surface area contributed by atoms with Crippen LogP contribution in [0, 0.1) is 0 Å². The van der Waals surface area contributed by atoms with Gasteiger partial charge in [-0.15, -0.1) is 0 Å². The van der Waals surface area contributed by atoms with Crippen molar-refractivity contribution in [2.45, 2.75) is 13.3 Å². The predicted molar refractivity (Wildman–Crippen MR) is 116 cm³/mol. The van der Waals surface area contributed by atoms with Crippen LogP contribution >= 0.6 is 0 Å². The summed E-state index contributed by atoms with van der Waals surface area (Å²) in [5, 5.41) is 0.999. The Kier molecular flexibility index (Phi) is 4.09. The molecule has 4 heterocycles. The Morgan fingerprint density at radius 2 is 1.72 bits per heavy atom. The highest BCUT2D eigenvalue weighted by Crippen LogP contribution is 2.31. The molecule has 0 spiro atoms. The van der Waals surface area contributed by atoms with Crippen LogP contribution in [0.1, 0.15) is 12.6 Å². The molecule has 0 amide bonds. The second kappa shape index (κ2) is 6.91. The smallest absolute Gasteiger partial charge is 0.220 e. The molecular weight excluding hydrogens is 360 g/mol. The van der Waals surface area contributed by atoms with Crippen LogP contribution in [-0.2, 0) is 6.42 Å². The third kappa shape index (κ3) is 3.14. The van der Waals surface area contributed by atoms with Crippen molar-refractivity contribution in [2.24, 2.45) is 0 Å². The van der Waals surface area contributed by atoms with Gasteiger partial charge >= 0.3 is 0 Å². The zero-order valence-corrected chi connectivity index (χ0v) is 16.0. The van der Waals surface area contributed by atoms with E-state index in [1.54, 1.807) is 0 Å². The first kappa shape index (κ1) is 17.2. The molecule has 5 rings (SSSR count). The van der Waals surface area contributed by atoms with Gasteiger partial charge < -0.3 is 15.7 Å². The first-order chi connectivity index (χ1) is 14.2. The van der Waals surface area contributed by atoms with Crippen LogP contribution in [0.5, 0.6) is 0 Å². The van der Waals surface area contributed by atoms with Crippen molar-refractivity contribution in [1.29, 1.82) is 0 Å².